The predicted octanol–water partition coefficient (Wildman–Crippen LogP) is 4.88. The van der Waals surface area contributed by atoms with Crippen LogP contribution in [0.15, 0.2) is 60.0 Å². The van der Waals surface area contributed by atoms with Gasteiger partial charge >= 0.3 is 6.18 Å². The van der Waals surface area contributed by atoms with Crippen LogP contribution in [0.3, 0.4) is 0 Å². The first-order valence-electron chi connectivity index (χ1n) is 9.42. The molecule has 0 fully saturated rings. The summed E-state index contributed by atoms with van der Waals surface area (Å²) in [5, 5.41) is 4.25. The van der Waals surface area contributed by atoms with Crippen molar-refractivity contribution < 1.29 is 18.0 Å². The molecule has 0 aliphatic carbocycles. The van der Waals surface area contributed by atoms with Gasteiger partial charge in [-0.15, -0.1) is 11.8 Å². The largest absolute Gasteiger partial charge is 0.416 e. The third kappa shape index (κ3) is 4.35. The molecule has 156 valence electrons. The Kier molecular flexibility index (Phi) is 5.55. The van der Waals surface area contributed by atoms with Gasteiger partial charge in [-0.2, -0.15) is 18.3 Å². The van der Waals surface area contributed by atoms with E-state index < -0.39 is 11.7 Å². The lowest BCUT2D eigenvalue weighted by atomic mass is 10.1. The number of alkyl halides is 3. The molecule has 30 heavy (non-hydrogen) atoms. The quantitative estimate of drug-likeness (QED) is 0.592. The Labute approximate surface area is 175 Å². The van der Waals surface area contributed by atoms with Gasteiger partial charge in [0, 0.05) is 22.3 Å². The first-order chi connectivity index (χ1) is 14.3. The van der Waals surface area contributed by atoms with Gasteiger partial charge in [0.05, 0.1) is 17.8 Å². The van der Waals surface area contributed by atoms with Gasteiger partial charge in [0.1, 0.15) is 12.7 Å². The minimum atomic E-state index is -4.46. The van der Waals surface area contributed by atoms with E-state index in [1.807, 2.05) is 19.1 Å². The average Bonchev–Trinajstić information content (AvgIpc) is 3.15. The molecule has 2 heterocycles. The Balaban J connectivity index is 1.63. The lowest BCUT2D eigenvalue weighted by Gasteiger charge is -2.24. The van der Waals surface area contributed by atoms with E-state index in [2.05, 4.69) is 10.1 Å². The van der Waals surface area contributed by atoms with Crippen LogP contribution in [0.25, 0.3) is 0 Å². The zero-order valence-electron chi connectivity index (χ0n) is 16.1. The lowest BCUT2D eigenvalue weighted by Crippen LogP contribution is -2.32. The van der Waals surface area contributed by atoms with Crippen LogP contribution in [-0.2, 0) is 12.7 Å². The summed E-state index contributed by atoms with van der Waals surface area (Å²) < 4.78 is 41.5. The van der Waals surface area contributed by atoms with Crippen molar-refractivity contribution in [2.45, 2.75) is 36.2 Å². The van der Waals surface area contributed by atoms with E-state index >= 15 is 0 Å². The monoisotopic (exact) mass is 432 g/mol. The van der Waals surface area contributed by atoms with Gasteiger partial charge in [-0.1, -0.05) is 19.1 Å². The van der Waals surface area contributed by atoms with Crippen LogP contribution >= 0.6 is 11.8 Å². The molecule has 0 spiro atoms. The van der Waals surface area contributed by atoms with Crippen molar-refractivity contribution >= 4 is 23.4 Å². The molecule has 2 aromatic carbocycles. The molecule has 0 bridgehead atoms. The number of carbonyl (C=O) groups is 1. The number of nitrogens with zero attached hydrogens (tertiary/aromatic N) is 4. The van der Waals surface area contributed by atoms with Crippen molar-refractivity contribution in [1.82, 2.24) is 14.8 Å². The fourth-order valence-electron chi connectivity index (χ4n) is 3.33. The number of anilines is 1. The van der Waals surface area contributed by atoms with Gasteiger partial charge in [0.25, 0.3) is 5.91 Å². The summed E-state index contributed by atoms with van der Waals surface area (Å²) in [4.78, 5) is 19.3. The molecule has 1 aliphatic heterocycles. The van der Waals surface area contributed by atoms with Crippen molar-refractivity contribution in [3.63, 3.8) is 0 Å². The maximum Gasteiger partial charge on any atom is 0.416 e. The van der Waals surface area contributed by atoms with Crippen LogP contribution in [0.4, 0.5) is 18.9 Å². The second-order valence-corrected chi connectivity index (χ2v) is 8.62. The van der Waals surface area contributed by atoms with Crippen LogP contribution < -0.4 is 4.90 Å². The Bertz CT molecular complexity index is 1040. The highest BCUT2D eigenvalue weighted by Gasteiger charge is 2.33. The molecular formula is C21H19F3N4OS. The van der Waals surface area contributed by atoms with E-state index in [1.54, 1.807) is 23.1 Å². The molecule has 1 unspecified atom stereocenters. The van der Waals surface area contributed by atoms with E-state index in [9.17, 15) is 18.0 Å². The van der Waals surface area contributed by atoms with Gasteiger partial charge < -0.3 is 4.90 Å². The molecule has 9 heteroatoms. The summed E-state index contributed by atoms with van der Waals surface area (Å²) in [5.41, 5.74) is 0.936. The molecule has 1 amide bonds. The van der Waals surface area contributed by atoms with Crippen molar-refractivity contribution in [2.75, 3.05) is 11.4 Å². The van der Waals surface area contributed by atoms with E-state index in [0.29, 0.717) is 35.7 Å². The SMILES string of the molecule is CC1CCN(C(=O)c2ccc(Cn3cncn3)cc2)c2cc(C(F)(F)F)ccc2S1. The van der Waals surface area contributed by atoms with Crippen molar-refractivity contribution in [1.29, 1.82) is 0 Å². The molecule has 1 aromatic heterocycles. The smallest absolute Gasteiger partial charge is 0.307 e. The number of thioether (sulfide) groups is 1. The Morgan fingerprint density at radius 1 is 1.20 bits per heavy atom. The summed E-state index contributed by atoms with van der Waals surface area (Å²) in [5.74, 6) is -0.308. The summed E-state index contributed by atoms with van der Waals surface area (Å²) in [7, 11) is 0. The summed E-state index contributed by atoms with van der Waals surface area (Å²) in [6.07, 6.45) is -0.723. The Morgan fingerprint density at radius 2 is 1.97 bits per heavy atom. The highest BCUT2D eigenvalue weighted by atomic mass is 32.2. The lowest BCUT2D eigenvalue weighted by molar-refractivity contribution is -0.137. The molecule has 0 saturated heterocycles. The van der Waals surface area contributed by atoms with Gasteiger partial charge in [0.15, 0.2) is 0 Å². The van der Waals surface area contributed by atoms with E-state index in [1.165, 1.54) is 29.1 Å². The molecule has 0 radical (unpaired) electrons. The van der Waals surface area contributed by atoms with Gasteiger partial charge in [-0.25, -0.2) is 9.67 Å². The molecule has 3 aromatic rings. The van der Waals surface area contributed by atoms with Gasteiger partial charge in [-0.05, 0) is 42.3 Å². The van der Waals surface area contributed by atoms with Crippen LogP contribution in [-0.4, -0.2) is 32.5 Å². The van der Waals surface area contributed by atoms with E-state index in [4.69, 9.17) is 0 Å². The van der Waals surface area contributed by atoms with Crippen molar-refractivity contribution in [3.8, 4) is 0 Å². The Morgan fingerprint density at radius 3 is 2.63 bits per heavy atom. The zero-order chi connectivity index (χ0) is 21.3. The fourth-order valence-corrected chi connectivity index (χ4v) is 4.43. The number of amides is 1. The second kappa shape index (κ2) is 8.14. The van der Waals surface area contributed by atoms with E-state index in [-0.39, 0.29) is 11.2 Å². The molecule has 0 N–H and O–H groups in total. The number of hydrogen-bond acceptors (Lipinski definition) is 4. The first kappa shape index (κ1) is 20.5. The molecule has 5 nitrogen and oxygen atoms in total. The van der Waals surface area contributed by atoms with Crippen LogP contribution in [0.1, 0.15) is 34.8 Å². The highest BCUT2D eigenvalue weighted by molar-refractivity contribution is 8.00. The minimum Gasteiger partial charge on any atom is -0.307 e. The normalized spacial score (nSPS) is 16.8. The number of hydrogen-bond donors (Lipinski definition) is 0. The van der Waals surface area contributed by atoms with Crippen LogP contribution in [0.5, 0.6) is 0 Å². The topological polar surface area (TPSA) is 51.0 Å². The molecule has 1 aliphatic rings. The molecule has 1 atom stereocenters. The van der Waals surface area contributed by atoms with Crippen LogP contribution in [0, 0.1) is 0 Å². The highest BCUT2D eigenvalue weighted by Crippen LogP contribution is 2.41. The summed E-state index contributed by atoms with van der Waals surface area (Å²) in [6, 6.07) is 10.6. The number of aromatic nitrogens is 3. The minimum absolute atomic E-state index is 0.198. The average molecular weight is 432 g/mol. The summed E-state index contributed by atoms with van der Waals surface area (Å²) >= 11 is 1.50. The number of rotatable bonds is 3. The molecule has 0 saturated carbocycles. The Hall–Kier alpha value is -2.81. The second-order valence-electron chi connectivity index (χ2n) is 7.14. The molecular weight excluding hydrogens is 413 g/mol. The first-order valence-corrected chi connectivity index (χ1v) is 10.3. The third-order valence-electron chi connectivity index (χ3n) is 4.92. The number of benzene rings is 2. The predicted molar refractivity (Wildman–Crippen MR) is 109 cm³/mol. The van der Waals surface area contributed by atoms with Gasteiger partial charge in [-0.3, -0.25) is 4.79 Å². The third-order valence-corrected chi connectivity index (χ3v) is 6.16. The number of halogens is 3. The van der Waals surface area contributed by atoms with Gasteiger partial charge in [0.2, 0.25) is 0 Å². The van der Waals surface area contributed by atoms with Crippen LogP contribution in [0.2, 0.25) is 0 Å². The maximum absolute atomic E-state index is 13.3. The summed E-state index contributed by atoms with van der Waals surface area (Å²) in [6.45, 7) is 2.89. The number of carbonyl (C=O) groups excluding carboxylic acids is 1. The van der Waals surface area contributed by atoms with Crippen molar-refractivity contribution in [3.05, 3.63) is 71.8 Å². The standard InChI is InChI=1S/C21H19F3N4OS/c1-14-8-9-28(18-10-17(21(22,23)24)6-7-19(18)30-14)20(29)16-4-2-15(3-5-16)11-27-13-25-12-26-27/h2-7,10,12-14H,8-9,11H2,1H3. The number of fused-ring (bicyclic) bond motifs is 1. The maximum atomic E-state index is 13.3. The fraction of sp³-hybridized carbons (Fsp3) is 0.286. The van der Waals surface area contributed by atoms with E-state index in [0.717, 1.165) is 17.7 Å². The van der Waals surface area contributed by atoms with Crippen molar-refractivity contribution in [2.24, 2.45) is 0 Å². The molecule has 4 rings (SSSR count). The zero-order valence-corrected chi connectivity index (χ0v) is 17.0.